The van der Waals surface area contributed by atoms with Gasteiger partial charge in [0.05, 0.1) is 22.1 Å². The Morgan fingerprint density at radius 2 is 1.54 bits per heavy atom. The zero-order chi connectivity index (χ0) is 35.1. The first kappa shape index (κ1) is 37.9. The number of rotatable bonds is 14. The van der Waals surface area contributed by atoms with Crippen LogP contribution in [0.1, 0.15) is 117 Å². The van der Waals surface area contributed by atoms with Crippen LogP contribution in [0.15, 0.2) is 12.7 Å². The maximum Gasteiger partial charge on any atom is 0.315 e. The summed E-state index contributed by atoms with van der Waals surface area (Å²) in [5.74, 6) is -2.34. The zero-order valence-electron chi connectivity index (χ0n) is 29.1. The fourth-order valence-corrected chi connectivity index (χ4v) is 8.98. The van der Waals surface area contributed by atoms with E-state index in [-0.39, 0.29) is 30.0 Å². The van der Waals surface area contributed by atoms with Crippen molar-refractivity contribution in [2.75, 3.05) is 18.8 Å². The van der Waals surface area contributed by atoms with Crippen molar-refractivity contribution in [2.45, 2.75) is 145 Å². The molecule has 3 aliphatic carbocycles. The van der Waals surface area contributed by atoms with E-state index in [0.29, 0.717) is 38.6 Å². The monoisotopic (exact) mass is 691 g/mol. The van der Waals surface area contributed by atoms with E-state index >= 15 is 0 Å². The topological polar surface area (TPSA) is 171 Å². The van der Waals surface area contributed by atoms with Gasteiger partial charge in [0.15, 0.2) is 9.84 Å². The maximum absolute atomic E-state index is 14.3. The summed E-state index contributed by atoms with van der Waals surface area (Å²) in [6.07, 6.45) is 12.7. The molecule has 1 saturated heterocycles. The number of nitrogens with one attached hydrogen (secondary N) is 4. The standard InChI is InChI=1S/C35H57N5O7S/c1-5-20-36-31(43)29(41)26(22-24-16-17-24)37-30(42)27-15-12-21-40(27)32(44)28(25-13-8-6-9-14-25)38-33(45)39-35(18-10-7-11-19-35)23-48(46,47)34(2,3)4/h5,24-28H,1,6-23H2,2-4H3,(H,36,43)(H,37,42)(H2,38,39,45)/t26?,27-,28-/m0/s1. The molecule has 0 radical (unpaired) electrons. The fourth-order valence-electron chi connectivity index (χ4n) is 7.46. The van der Waals surface area contributed by atoms with Crippen molar-refractivity contribution >= 4 is 39.4 Å². The number of hydrogen-bond donors (Lipinski definition) is 4. The summed E-state index contributed by atoms with van der Waals surface area (Å²) < 4.78 is 25.6. The zero-order valence-corrected chi connectivity index (χ0v) is 29.9. The second kappa shape index (κ2) is 16.2. The smallest absolute Gasteiger partial charge is 0.315 e. The van der Waals surface area contributed by atoms with E-state index in [4.69, 9.17) is 0 Å². The van der Waals surface area contributed by atoms with Crippen molar-refractivity contribution < 1.29 is 32.4 Å². The van der Waals surface area contributed by atoms with Crippen LogP contribution in [0, 0.1) is 11.8 Å². The summed E-state index contributed by atoms with van der Waals surface area (Å²) in [6, 6.07) is -3.26. The Hall–Kier alpha value is -2.96. The minimum atomic E-state index is -3.54. The Balaban J connectivity index is 1.50. The number of Topliss-reactive ketones (excluding diaryl/α,β-unsaturated/α-hetero) is 1. The van der Waals surface area contributed by atoms with Gasteiger partial charge in [-0.25, -0.2) is 13.2 Å². The Morgan fingerprint density at radius 3 is 2.15 bits per heavy atom. The molecule has 0 bridgehead atoms. The summed E-state index contributed by atoms with van der Waals surface area (Å²) >= 11 is 0. The third-order valence-electron chi connectivity index (χ3n) is 10.6. The van der Waals surface area contributed by atoms with Gasteiger partial charge in [0.2, 0.25) is 17.6 Å². The number of sulfone groups is 1. The van der Waals surface area contributed by atoms with Gasteiger partial charge in [-0.15, -0.1) is 6.58 Å². The molecule has 0 aromatic heterocycles. The van der Waals surface area contributed by atoms with Crippen molar-refractivity contribution in [3.05, 3.63) is 12.7 Å². The highest BCUT2D eigenvalue weighted by Crippen LogP contribution is 2.35. The second-order valence-electron chi connectivity index (χ2n) is 15.5. The number of nitrogens with zero attached hydrogens (tertiary/aromatic N) is 1. The predicted octanol–water partition coefficient (Wildman–Crippen LogP) is 3.30. The Labute approximate surface area is 286 Å². The number of ketones is 1. The highest BCUT2D eigenvalue weighted by atomic mass is 32.2. The van der Waals surface area contributed by atoms with E-state index in [0.717, 1.165) is 64.2 Å². The highest BCUT2D eigenvalue weighted by molar-refractivity contribution is 7.92. The molecular weight excluding hydrogens is 634 g/mol. The van der Waals surface area contributed by atoms with Crippen LogP contribution in [0.3, 0.4) is 0 Å². The summed E-state index contributed by atoms with van der Waals surface area (Å²) in [4.78, 5) is 68.8. The first-order valence-corrected chi connectivity index (χ1v) is 19.7. The van der Waals surface area contributed by atoms with Crippen molar-refractivity contribution in [1.82, 2.24) is 26.2 Å². The molecule has 48 heavy (non-hydrogen) atoms. The van der Waals surface area contributed by atoms with E-state index in [1.807, 2.05) is 0 Å². The number of carbonyl (C=O) groups is 5. The van der Waals surface area contributed by atoms with Gasteiger partial charge in [0.25, 0.3) is 5.91 Å². The predicted molar refractivity (Wildman–Crippen MR) is 184 cm³/mol. The van der Waals surface area contributed by atoms with E-state index in [1.54, 1.807) is 20.8 Å². The van der Waals surface area contributed by atoms with E-state index < -0.39 is 61.9 Å². The van der Waals surface area contributed by atoms with E-state index in [1.165, 1.54) is 11.0 Å². The van der Waals surface area contributed by atoms with Crippen LogP contribution in [0.4, 0.5) is 4.79 Å². The Morgan fingerprint density at radius 1 is 0.896 bits per heavy atom. The summed E-state index contributed by atoms with van der Waals surface area (Å²) in [5, 5.41) is 11.3. The molecule has 3 atom stereocenters. The maximum atomic E-state index is 14.3. The lowest BCUT2D eigenvalue weighted by molar-refractivity contribution is -0.143. The molecule has 4 rings (SSSR count). The van der Waals surface area contributed by atoms with Gasteiger partial charge in [0, 0.05) is 13.1 Å². The molecule has 13 heteroatoms. The number of urea groups is 1. The van der Waals surface area contributed by atoms with Gasteiger partial charge in [0.1, 0.15) is 12.1 Å². The molecule has 270 valence electrons. The van der Waals surface area contributed by atoms with E-state index in [2.05, 4.69) is 27.8 Å². The van der Waals surface area contributed by atoms with Gasteiger partial charge >= 0.3 is 6.03 Å². The van der Waals surface area contributed by atoms with Crippen molar-refractivity contribution in [1.29, 1.82) is 0 Å². The molecule has 1 unspecified atom stereocenters. The van der Waals surface area contributed by atoms with Crippen molar-refractivity contribution in [3.63, 3.8) is 0 Å². The third kappa shape index (κ3) is 9.81. The minimum absolute atomic E-state index is 0.125. The lowest BCUT2D eigenvalue weighted by Gasteiger charge is -2.40. The Kier molecular flexibility index (Phi) is 12.7. The average Bonchev–Trinajstić information content (AvgIpc) is 3.72. The van der Waals surface area contributed by atoms with Crippen molar-refractivity contribution in [3.8, 4) is 0 Å². The summed E-state index contributed by atoms with van der Waals surface area (Å²) in [7, 11) is -3.54. The van der Waals surface area contributed by atoms with E-state index in [9.17, 15) is 32.4 Å². The van der Waals surface area contributed by atoms with Crippen LogP contribution in [-0.4, -0.2) is 90.1 Å². The normalized spacial score (nSPS) is 23.0. The number of likely N-dealkylation sites (tertiary alicyclic amines) is 1. The third-order valence-corrected chi connectivity index (χ3v) is 13.4. The molecule has 4 fully saturated rings. The second-order valence-corrected chi connectivity index (χ2v) is 18.2. The van der Waals surface area contributed by atoms with Crippen molar-refractivity contribution in [2.24, 2.45) is 11.8 Å². The molecule has 0 aromatic rings. The summed E-state index contributed by atoms with van der Waals surface area (Å²) in [5.41, 5.74) is -0.925. The number of carbonyl (C=O) groups excluding carboxylic acids is 5. The van der Waals surface area contributed by atoms with Gasteiger partial charge in [-0.1, -0.05) is 57.4 Å². The van der Waals surface area contributed by atoms with Crippen LogP contribution in [0.25, 0.3) is 0 Å². The lowest BCUT2D eigenvalue weighted by atomic mass is 9.82. The quantitative estimate of drug-likeness (QED) is 0.160. The minimum Gasteiger partial charge on any atom is -0.346 e. The summed E-state index contributed by atoms with van der Waals surface area (Å²) in [6.45, 7) is 9.02. The molecule has 1 aliphatic heterocycles. The van der Waals surface area contributed by atoms with Gasteiger partial charge in [-0.2, -0.15) is 0 Å². The van der Waals surface area contributed by atoms with Gasteiger partial charge < -0.3 is 26.2 Å². The van der Waals surface area contributed by atoms with Gasteiger partial charge in [-0.3, -0.25) is 19.2 Å². The highest BCUT2D eigenvalue weighted by Gasteiger charge is 2.45. The largest absolute Gasteiger partial charge is 0.346 e. The van der Waals surface area contributed by atoms with Crippen LogP contribution < -0.4 is 21.3 Å². The molecule has 5 amide bonds. The first-order chi connectivity index (χ1) is 22.7. The molecular formula is C35H57N5O7S. The number of amides is 5. The molecule has 4 aliphatic rings. The van der Waals surface area contributed by atoms with Crippen LogP contribution in [-0.2, 0) is 29.0 Å². The molecule has 4 N–H and O–H groups in total. The van der Waals surface area contributed by atoms with Gasteiger partial charge in [-0.05, 0) is 77.6 Å². The molecule has 0 spiro atoms. The first-order valence-electron chi connectivity index (χ1n) is 18.0. The molecule has 3 saturated carbocycles. The van der Waals surface area contributed by atoms with Crippen LogP contribution in [0.5, 0.6) is 0 Å². The fraction of sp³-hybridized carbons (Fsp3) is 0.800. The SMILES string of the molecule is C=CCNC(=O)C(=O)C(CC1CC1)NC(=O)[C@@H]1CCCN1C(=O)[C@@H](NC(=O)NC1(CS(=O)(=O)C(C)(C)C)CCCCC1)C1CCCCC1. The molecule has 0 aromatic carbocycles. The van der Waals surface area contributed by atoms with Crippen LogP contribution in [0.2, 0.25) is 0 Å². The lowest BCUT2D eigenvalue weighted by Crippen LogP contribution is -2.62. The molecule has 12 nitrogen and oxygen atoms in total. The Bertz CT molecular complexity index is 1310. The number of hydrogen-bond acceptors (Lipinski definition) is 7. The average molecular weight is 692 g/mol. The van der Waals surface area contributed by atoms with Crippen LogP contribution >= 0.6 is 0 Å². The molecule has 1 heterocycles.